The van der Waals surface area contributed by atoms with E-state index >= 15 is 0 Å². The third-order valence-corrected chi connectivity index (χ3v) is 2.17. The fourth-order valence-corrected chi connectivity index (χ4v) is 1.43. The van der Waals surface area contributed by atoms with Gasteiger partial charge in [0.25, 0.3) is 0 Å². The van der Waals surface area contributed by atoms with Crippen molar-refractivity contribution in [1.29, 1.82) is 5.26 Å². The molecule has 0 radical (unpaired) electrons. The lowest BCUT2D eigenvalue weighted by Crippen LogP contribution is -2.00. The zero-order valence-corrected chi connectivity index (χ0v) is 8.09. The van der Waals surface area contributed by atoms with Crippen LogP contribution in [0.3, 0.4) is 0 Å². The Morgan fingerprint density at radius 2 is 2.33 bits per heavy atom. The predicted octanol–water partition coefficient (Wildman–Crippen LogP) is 1.20. The van der Waals surface area contributed by atoms with Gasteiger partial charge in [-0.05, 0) is 17.7 Å². The van der Waals surface area contributed by atoms with Gasteiger partial charge in [-0.15, -0.1) is 0 Å². The van der Waals surface area contributed by atoms with Crippen LogP contribution in [0.1, 0.15) is 11.4 Å². The molecule has 0 fully saturated rings. The van der Waals surface area contributed by atoms with Crippen LogP contribution in [-0.2, 0) is 6.54 Å². The summed E-state index contributed by atoms with van der Waals surface area (Å²) in [5, 5.41) is 8.84. The molecule has 0 aliphatic rings. The van der Waals surface area contributed by atoms with E-state index in [1.807, 2.05) is 30.3 Å². The van der Waals surface area contributed by atoms with Crippen molar-refractivity contribution in [1.82, 2.24) is 9.55 Å². The molecule has 0 aliphatic carbocycles. The van der Waals surface area contributed by atoms with E-state index < -0.39 is 0 Å². The second-order valence-electron chi connectivity index (χ2n) is 3.11. The van der Waals surface area contributed by atoms with Crippen molar-refractivity contribution < 1.29 is 0 Å². The van der Waals surface area contributed by atoms with Crippen molar-refractivity contribution in [2.24, 2.45) is 5.73 Å². The number of hydrogen-bond donors (Lipinski definition) is 1. The number of hydrogen-bond acceptors (Lipinski definition) is 3. The summed E-state index contributed by atoms with van der Waals surface area (Å²) in [4.78, 5) is 3.94. The number of nitriles is 1. The van der Waals surface area contributed by atoms with Gasteiger partial charge in [-0.1, -0.05) is 12.1 Å². The van der Waals surface area contributed by atoms with Crippen LogP contribution < -0.4 is 5.73 Å². The summed E-state index contributed by atoms with van der Waals surface area (Å²) in [5.74, 6) is 0.379. The van der Waals surface area contributed by atoms with Crippen LogP contribution >= 0.6 is 0 Å². The molecule has 2 N–H and O–H groups in total. The van der Waals surface area contributed by atoms with Crippen molar-refractivity contribution >= 4 is 0 Å². The van der Waals surface area contributed by atoms with Crippen LogP contribution in [0.15, 0.2) is 36.7 Å². The van der Waals surface area contributed by atoms with Gasteiger partial charge >= 0.3 is 0 Å². The lowest BCUT2D eigenvalue weighted by molar-refractivity contribution is 1.00. The van der Waals surface area contributed by atoms with E-state index in [-0.39, 0.29) is 0 Å². The Hall–Kier alpha value is -2.12. The van der Waals surface area contributed by atoms with Crippen molar-refractivity contribution in [3.05, 3.63) is 48.0 Å². The molecule has 0 amide bonds. The maximum Gasteiger partial charge on any atom is 0.217 e. The summed E-state index contributed by atoms with van der Waals surface area (Å²) >= 11 is 0. The Morgan fingerprint density at radius 3 is 3.07 bits per heavy atom. The van der Waals surface area contributed by atoms with Crippen molar-refractivity contribution in [3.63, 3.8) is 0 Å². The molecule has 0 atom stereocenters. The highest BCUT2D eigenvalue weighted by Gasteiger charge is 2.03. The molecule has 0 saturated heterocycles. The Bertz CT molecular complexity index is 507. The minimum atomic E-state index is 0.379. The van der Waals surface area contributed by atoms with Gasteiger partial charge in [0.15, 0.2) is 0 Å². The third kappa shape index (κ3) is 1.73. The monoisotopic (exact) mass is 198 g/mol. The lowest BCUT2D eigenvalue weighted by Gasteiger charge is -2.05. The normalized spacial score (nSPS) is 9.87. The van der Waals surface area contributed by atoms with Crippen LogP contribution in [0, 0.1) is 11.3 Å². The molecule has 2 aromatic rings. The quantitative estimate of drug-likeness (QED) is 0.788. The first-order valence-electron chi connectivity index (χ1n) is 4.58. The van der Waals surface area contributed by atoms with Gasteiger partial charge in [0.05, 0.1) is 0 Å². The van der Waals surface area contributed by atoms with Gasteiger partial charge < -0.3 is 5.73 Å². The number of benzene rings is 1. The highest BCUT2D eigenvalue weighted by molar-refractivity contribution is 5.38. The van der Waals surface area contributed by atoms with Gasteiger partial charge in [0.1, 0.15) is 6.07 Å². The first-order chi connectivity index (χ1) is 7.35. The van der Waals surface area contributed by atoms with Gasteiger partial charge in [0.2, 0.25) is 5.82 Å². The number of aromatic nitrogens is 2. The van der Waals surface area contributed by atoms with Crippen molar-refractivity contribution in [3.8, 4) is 11.8 Å². The van der Waals surface area contributed by atoms with Crippen molar-refractivity contribution in [2.75, 3.05) is 0 Å². The van der Waals surface area contributed by atoms with Gasteiger partial charge in [0, 0.05) is 24.6 Å². The fraction of sp³-hybridized carbons (Fsp3) is 0.0909. The molecule has 1 aromatic carbocycles. The molecule has 15 heavy (non-hydrogen) atoms. The molecule has 74 valence electrons. The zero-order chi connectivity index (χ0) is 10.7. The topological polar surface area (TPSA) is 67.6 Å². The van der Waals surface area contributed by atoms with Gasteiger partial charge in [-0.3, -0.25) is 4.57 Å². The summed E-state index contributed by atoms with van der Waals surface area (Å²) in [6.45, 7) is 0.491. The molecule has 2 rings (SSSR count). The van der Waals surface area contributed by atoms with Gasteiger partial charge in [-0.2, -0.15) is 5.26 Å². The SMILES string of the molecule is N#Cc1nccn1-c1cccc(CN)c1. The maximum atomic E-state index is 8.84. The first kappa shape index (κ1) is 9.44. The fourth-order valence-electron chi connectivity index (χ4n) is 1.43. The van der Waals surface area contributed by atoms with E-state index in [0.29, 0.717) is 12.4 Å². The molecule has 0 aliphatic heterocycles. The molecule has 4 nitrogen and oxygen atoms in total. The number of nitrogens with two attached hydrogens (primary N) is 1. The largest absolute Gasteiger partial charge is 0.326 e. The molecular formula is C11H10N4. The second-order valence-corrected chi connectivity index (χ2v) is 3.11. The standard InChI is InChI=1S/C11H10N4/c12-7-9-2-1-3-10(6-9)15-5-4-14-11(15)8-13/h1-6H,7,12H2. The Labute approximate surface area is 87.6 Å². The van der Waals surface area contributed by atoms with Crippen LogP contribution in [-0.4, -0.2) is 9.55 Å². The van der Waals surface area contributed by atoms with Crippen LogP contribution in [0.25, 0.3) is 5.69 Å². The maximum absolute atomic E-state index is 8.84. The minimum absolute atomic E-state index is 0.379. The molecule has 0 bridgehead atoms. The number of imidazole rings is 1. The van der Waals surface area contributed by atoms with Crippen LogP contribution in [0.5, 0.6) is 0 Å². The Balaban J connectivity index is 2.50. The van der Waals surface area contributed by atoms with E-state index in [1.54, 1.807) is 17.0 Å². The predicted molar refractivity (Wildman–Crippen MR) is 56.2 cm³/mol. The Kier molecular flexibility index (Phi) is 2.48. The summed E-state index contributed by atoms with van der Waals surface area (Å²) in [5.41, 5.74) is 7.49. The summed E-state index contributed by atoms with van der Waals surface area (Å²) in [7, 11) is 0. The first-order valence-corrected chi connectivity index (χ1v) is 4.58. The van der Waals surface area contributed by atoms with E-state index in [2.05, 4.69) is 4.98 Å². The number of rotatable bonds is 2. The molecule has 0 saturated carbocycles. The zero-order valence-electron chi connectivity index (χ0n) is 8.09. The Morgan fingerprint density at radius 1 is 1.47 bits per heavy atom. The third-order valence-electron chi connectivity index (χ3n) is 2.17. The average molecular weight is 198 g/mol. The molecule has 0 unspecified atom stereocenters. The molecule has 0 spiro atoms. The van der Waals surface area contributed by atoms with E-state index in [9.17, 15) is 0 Å². The number of nitrogens with zero attached hydrogens (tertiary/aromatic N) is 3. The highest BCUT2D eigenvalue weighted by atomic mass is 15.1. The summed E-state index contributed by atoms with van der Waals surface area (Å²) in [6.07, 6.45) is 3.36. The highest BCUT2D eigenvalue weighted by Crippen LogP contribution is 2.12. The smallest absolute Gasteiger partial charge is 0.217 e. The summed E-state index contributed by atoms with van der Waals surface area (Å²) < 4.78 is 1.74. The molecule has 1 heterocycles. The summed E-state index contributed by atoms with van der Waals surface area (Å²) in [6, 6.07) is 9.76. The lowest BCUT2D eigenvalue weighted by atomic mass is 10.2. The molecule has 4 heteroatoms. The minimum Gasteiger partial charge on any atom is -0.326 e. The van der Waals surface area contributed by atoms with Crippen LogP contribution in [0.4, 0.5) is 0 Å². The molecule has 1 aromatic heterocycles. The van der Waals surface area contributed by atoms with E-state index in [4.69, 9.17) is 11.0 Å². The van der Waals surface area contributed by atoms with E-state index in [1.165, 1.54) is 0 Å². The van der Waals surface area contributed by atoms with Crippen molar-refractivity contribution in [2.45, 2.75) is 6.54 Å². The van der Waals surface area contributed by atoms with Gasteiger partial charge in [-0.25, -0.2) is 4.98 Å². The van der Waals surface area contributed by atoms with Crippen LogP contribution in [0.2, 0.25) is 0 Å². The van der Waals surface area contributed by atoms with E-state index in [0.717, 1.165) is 11.3 Å². The molecular weight excluding hydrogens is 188 g/mol. The second kappa shape index (κ2) is 3.95. The average Bonchev–Trinajstić information content (AvgIpc) is 2.77.